The minimum absolute atomic E-state index is 0.233. The van der Waals surface area contributed by atoms with Crippen LogP contribution in [0.4, 0.5) is 11.8 Å². The van der Waals surface area contributed by atoms with Crippen LogP contribution in [-0.2, 0) is 11.3 Å². The van der Waals surface area contributed by atoms with E-state index in [9.17, 15) is 9.59 Å². The van der Waals surface area contributed by atoms with Crippen molar-refractivity contribution in [2.75, 3.05) is 36.8 Å². The van der Waals surface area contributed by atoms with E-state index in [0.717, 1.165) is 50.5 Å². The summed E-state index contributed by atoms with van der Waals surface area (Å²) in [5.41, 5.74) is 2.40. The summed E-state index contributed by atoms with van der Waals surface area (Å²) in [7, 11) is 0. The Bertz CT molecular complexity index is 1130. The van der Waals surface area contributed by atoms with Crippen molar-refractivity contribution >= 4 is 29.7 Å². The van der Waals surface area contributed by atoms with Crippen LogP contribution in [0, 0.1) is 0 Å². The average molecular weight is 462 g/mol. The average Bonchev–Trinajstić information content (AvgIpc) is 3.29. The third-order valence-corrected chi connectivity index (χ3v) is 6.72. The molecule has 178 valence electrons. The summed E-state index contributed by atoms with van der Waals surface area (Å²) >= 11 is 0. The second kappa shape index (κ2) is 10.2. The van der Waals surface area contributed by atoms with Gasteiger partial charge in [0.1, 0.15) is 5.82 Å². The first-order valence-corrected chi connectivity index (χ1v) is 12.1. The number of nitrogens with one attached hydrogen (secondary N) is 2. The molecule has 0 radical (unpaired) electrons. The van der Waals surface area contributed by atoms with Crippen molar-refractivity contribution in [3.8, 4) is 0 Å². The molecule has 2 aromatic heterocycles. The molecule has 1 aromatic carbocycles. The van der Waals surface area contributed by atoms with Crippen LogP contribution in [0.15, 0.2) is 42.5 Å². The van der Waals surface area contributed by atoms with Gasteiger partial charge in [0.25, 0.3) is 5.91 Å². The van der Waals surface area contributed by atoms with Crippen molar-refractivity contribution in [1.82, 2.24) is 24.4 Å². The first-order chi connectivity index (χ1) is 16.7. The third-order valence-electron chi connectivity index (χ3n) is 6.72. The van der Waals surface area contributed by atoms with Gasteiger partial charge in [0.05, 0.1) is 0 Å². The Kier molecular flexibility index (Phi) is 6.71. The van der Waals surface area contributed by atoms with Gasteiger partial charge >= 0.3 is 0 Å². The standard InChI is InChI=1S/C25H31N7O2/c33-18-31-15-13-30(14-16-31)17-19-9-11-20(12-10-19)24(34)28-25-27-23-8-4-7-22(32(23)29-25)26-21-5-2-1-3-6-21/h4,7-12,18,21,26H,1-3,5-6,13-17H2,(H,28,29,34). The van der Waals surface area contributed by atoms with Crippen molar-refractivity contribution < 1.29 is 9.59 Å². The molecule has 1 saturated carbocycles. The van der Waals surface area contributed by atoms with E-state index < -0.39 is 0 Å². The van der Waals surface area contributed by atoms with E-state index in [1.54, 1.807) is 9.42 Å². The molecular weight excluding hydrogens is 430 g/mol. The van der Waals surface area contributed by atoms with Gasteiger partial charge in [0.15, 0.2) is 5.65 Å². The maximum atomic E-state index is 12.8. The van der Waals surface area contributed by atoms with Crippen molar-refractivity contribution in [3.63, 3.8) is 0 Å². The number of hydrogen-bond acceptors (Lipinski definition) is 6. The number of nitrogens with zero attached hydrogens (tertiary/aromatic N) is 5. The minimum Gasteiger partial charge on any atom is -0.367 e. The van der Waals surface area contributed by atoms with Crippen molar-refractivity contribution in [2.45, 2.75) is 44.7 Å². The zero-order valence-corrected chi connectivity index (χ0v) is 19.3. The topological polar surface area (TPSA) is 94.9 Å². The normalized spacial score (nSPS) is 17.6. The fourth-order valence-corrected chi connectivity index (χ4v) is 4.74. The lowest BCUT2D eigenvalue weighted by molar-refractivity contribution is -0.119. The van der Waals surface area contributed by atoms with E-state index in [4.69, 9.17) is 0 Å². The molecule has 2 fully saturated rings. The highest BCUT2D eigenvalue weighted by atomic mass is 16.2. The SMILES string of the molecule is O=CN1CCN(Cc2ccc(C(=O)Nc3nc4cccc(NC5CCCCC5)n4n3)cc2)CC1. The van der Waals surface area contributed by atoms with E-state index >= 15 is 0 Å². The van der Waals surface area contributed by atoms with Crippen LogP contribution in [-0.4, -0.2) is 68.9 Å². The van der Waals surface area contributed by atoms with Crippen LogP contribution in [0.2, 0.25) is 0 Å². The molecule has 9 heteroatoms. The number of amides is 2. The Morgan fingerprint density at radius 3 is 2.50 bits per heavy atom. The number of benzene rings is 1. The molecular formula is C25H31N7O2. The Morgan fingerprint density at radius 2 is 1.76 bits per heavy atom. The molecule has 0 atom stereocenters. The number of anilines is 2. The number of carbonyl (C=O) groups is 2. The lowest BCUT2D eigenvalue weighted by Crippen LogP contribution is -2.45. The van der Waals surface area contributed by atoms with Gasteiger partial charge in [0, 0.05) is 44.3 Å². The predicted octanol–water partition coefficient (Wildman–Crippen LogP) is 3.00. The first-order valence-electron chi connectivity index (χ1n) is 12.1. The highest BCUT2D eigenvalue weighted by Gasteiger charge is 2.17. The Hall–Kier alpha value is -3.46. The maximum absolute atomic E-state index is 12.8. The van der Waals surface area contributed by atoms with Gasteiger partial charge in [-0.05, 0) is 42.7 Å². The van der Waals surface area contributed by atoms with Gasteiger partial charge in [0.2, 0.25) is 12.4 Å². The van der Waals surface area contributed by atoms with Gasteiger partial charge in [-0.15, -0.1) is 5.10 Å². The van der Waals surface area contributed by atoms with Crippen LogP contribution in [0.25, 0.3) is 5.65 Å². The lowest BCUT2D eigenvalue weighted by Gasteiger charge is -2.32. The van der Waals surface area contributed by atoms with E-state index in [-0.39, 0.29) is 5.91 Å². The van der Waals surface area contributed by atoms with Crippen LogP contribution >= 0.6 is 0 Å². The number of fused-ring (bicyclic) bond motifs is 1. The summed E-state index contributed by atoms with van der Waals surface area (Å²) < 4.78 is 1.76. The second-order valence-electron chi connectivity index (χ2n) is 9.16. The van der Waals surface area contributed by atoms with E-state index in [0.29, 0.717) is 23.2 Å². The zero-order chi connectivity index (χ0) is 23.3. The van der Waals surface area contributed by atoms with Crippen LogP contribution in [0.3, 0.4) is 0 Å². The van der Waals surface area contributed by atoms with Crippen molar-refractivity contribution in [1.29, 1.82) is 0 Å². The van der Waals surface area contributed by atoms with Gasteiger partial charge in [-0.25, -0.2) is 0 Å². The molecule has 1 aliphatic carbocycles. The van der Waals surface area contributed by atoms with E-state index in [1.807, 2.05) is 42.5 Å². The quantitative estimate of drug-likeness (QED) is 0.526. The number of carbonyl (C=O) groups excluding carboxylic acids is 2. The molecule has 1 saturated heterocycles. The molecule has 0 spiro atoms. The molecule has 0 unspecified atom stereocenters. The smallest absolute Gasteiger partial charge is 0.258 e. The monoisotopic (exact) mass is 461 g/mol. The second-order valence-corrected chi connectivity index (χ2v) is 9.16. The number of hydrogen-bond donors (Lipinski definition) is 2. The third kappa shape index (κ3) is 5.20. The number of aromatic nitrogens is 3. The number of rotatable bonds is 7. The molecule has 9 nitrogen and oxygen atoms in total. The summed E-state index contributed by atoms with van der Waals surface area (Å²) in [4.78, 5) is 32.3. The molecule has 3 heterocycles. The van der Waals surface area contributed by atoms with Gasteiger partial charge in [-0.3, -0.25) is 19.8 Å². The van der Waals surface area contributed by atoms with Crippen LogP contribution in [0.5, 0.6) is 0 Å². The Labute approximate surface area is 199 Å². The molecule has 5 rings (SSSR count). The number of piperazine rings is 1. The van der Waals surface area contributed by atoms with E-state index in [2.05, 4.69) is 25.6 Å². The lowest BCUT2D eigenvalue weighted by atomic mass is 9.95. The minimum atomic E-state index is -0.233. The molecule has 2 amide bonds. The first kappa shape index (κ1) is 22.3. The summed E-state index contributed by atoms with van der Waals surface area (Å²) in [6.07, 6.45) is 7.06. The van der Waals surface area contributed by atoms with Crippen LogP contribution in [0.1, 0.15) is 48.0 Å². The van der Waals surface area contributed by atoms with Crippen molar-refractivity contribution in [2.24, 2.45) is 0 Å². The Morgan fingerprint density at radius 1 is 1.00 bits per heavy atom. The van der Waals surface area contributed by atoms with Crippen LogP contribution < -0.4 is 10.6 Å². The molecule has 0 bridgehead atoms. The summed E-state index contributed by atoms with van der Waals surface area (Å²) in [5, 5.41) is 11.0. The predicted molar refractivity (Wildman–Crippen MR) is 131 cm³/mol. The highest BCUT2D eigenvalue weighted by molar-refractivity contribution is 6.03. The highest BCUT2D eigenvalue weighted by Crippen LogP contribution is 2.22. The summed E-state index contributed by atoms with van der Waals surface area (Å²) in [6, 6.07) is 13.9. The molecule has 3 aromatic rings. The van der Waals surface area contributed by atoms with Gasteiger partial charge < -0.3 is 10.2 Å². The number of pyridine rings is 1. The summed E-state index contributed by atoms with van der Waals surface area (Å²) in [5.74, 6) is 0.958. The van der Waals surface area contributed by atoms with Gasteiger partial charge in [-0.1, -0.05) is 37.5 Å². The molecule has 34 heavy (non-hydrogen) atoms. The van der Waals surface area contributed by atoms with Crippen molar-refractivity contribution in [3.05, 3.63) is 53.6 Å². The molecule has 2 N–H and O–H groups in total. The molecule has 2 aliphatic rings. The largest absolute Gasteiger partial charge is 0.367 e. The van der Waals surface area contributed by atoms with Gasteiger partial charge in [-0.2, -0.15) is 9.50 Å². The zero-order valence-electron chi connectivity index (χ0n) is 19.3. The Balaban J connectivity index is 1.21. The maximum Gasteiger partial charge on any atom is 0.258 e. The van der Waals surface area contributed by atoms with E-state index in [1.165, 1.54) is 32.1 Å². The summed E-state index contributed by atoms with van der Waals surface area (Å²) in [6.45, 7) is 4.04. The molecule has 1 aliphatic heterocycles. The fourth-order valence-electron chi connectivity index (χ4n) is 4.74. The fraction of sp³-hybridized carbons (Fsp3) is 0.440.